The van der Waals surface area contributed by atoms with Gasteiger partial charge in [0, 0.05) is 13.1 Å². The minimum absolute atomic E-state index is 0.143. The van der Waals surface area contributed by atoms with Crippen molar-refractivity contribution in [2.45, 2.75) is 20.3 Å². The molecule has 19 heavy (non-hydrogen) atoms. The topological polar surface area (TPSA) is 46.3 Å². The molecule has 3 nitrogen and oxygen atoms in total. The van der Waals surface area contributed by atoms with Crippen LogP contribution in [-0.2, 0) is 0 Å². The van der Waals surface area contributed by atoms with Crippen molar-refractivity contribution in [3.8, 4) is 11.8 Å². The van der Waals surface area contributed by atoms with Crippen molar-refractivity contribution in [1.82, 2.24) is 4.90 Å². The molecule has 2 heterocycles. The van der Waals surface area contributed by atoms with Gasteiger partial charge in [0.1, 0.15) is 0 Å². The maximum Gasteiger partial charge on any atom is 0.263 e. The number of carbonyl (C=O) groups is 1. The van der Waals surface area contributed by atoms with Crippen molar-refractivity contribution in [3.63, 3.8) is 0 Å². The molecule has 0 aliphatic carbocycles. The molecule has 0 bridgehead atoms. The maximum atomic E-state index is 12.4. The molecule has 2 unspecified atom stereocenters. The van der Waals surface area contributed by atoms with Gasteiger partial charge in [-0.1, -0.05) is 25.7 Å². The number of likely N-dealkylation sites (tertiary alicyclic amines) is 1. The zero-order valence-electron chi connectivity index (χ0n) is 11.5. The molecule has 2 N–H and O–H groups in total. The predicted octanol–water partition coefficient (Wildman–Crippen LogP) is 2.18. The van der Waals surface area contributed by atoms with Crippen LogP contribution in [0.15, 0.2) is 12.1 Å². The van der Waals surface area contributed by atoms with Crippen LogP contribution < -0.4 is 5.73 Å². The van der Waals surface area contributed by atoms with E-state index < -0.39 is 0 Å². The van der Waals surface area contributed by atoms with Gasteiger partial charge >= 0.3 is 0 Å². The normalized spacial score (nSPS) is 22.8. The summed E-state index contributed by atoms with van der Waals surface area (Å²) in [6.45, 7) is 6.50. The number of hydrogen-bond donors (Lipinski definition) is 1. The Morgan fingerprint density at radius 3 is 2.74 bits per heavy atom. The summed E-state index contributed by atoms with van der Waals surface area (Å²) in [6, 6.07) is 3.77. The molecule has 0 spiro atoms. The van der Waals surface area contributed by atoms with Gasteiger partial charge in [0.2, 0.25) is 0 Å². The molecule has 1 aromatic rings. The van der Waals surface area contributed by atoms with Crippen LogP contribution in [0.25, 0.3) is 0 Å². The fourth-order valence-corrected chi connectivity index (χ4v) is 3.49. The molecule has 102 valence electrons. The molecule has 1 aromatic heterocycles. The maximum absolute atomic E-state index is 12.4. The van der Waals surface area contributed by atoms with Crippen molar-refractivity contribution in [3.05, 3.63) is 21.9 Å². The first-order valence-corrected chi connectivity index (χ1v) is 7.50. The standard InChI is InChI=1S/C15H20N2OS/c1-11-8-12(2)10-17(9-11)15(18)14-6-5-13(19-14)4-3-7-16/h5-6,11-12H,7-10,16H2,1-2H3. The van der Waals surface area contributed by atoms with Crippen LogP contribution in [0.2, 0.25) is 0 Å². The van der Waals surface area contributed by atoms with Gasteiger partial charge < -0.3 is 10.6 Å². The zero-order valence-corrected chi connectivity index (χ0v) is 12.3. The fourth-order valence-electron chi connectivity index (χ4n) is 2.64. The van der Waals surface area contributed by atoms with Gasteiger partial charge in [0.15, 0.2) is 0 Å². The molecular weight excluding hydrogens is 256 g/mol. The molecule has 1 aliphatic heterocycles. The molecule has 0 aromatic carbocycles. The first kappa shape index (κ1) is 14.1. The average molecular weight is 276 g/mol. The van der Waals surface area contributed by atoms with Crippen LogP contribution in [0.5, 0.6) is 0 Å². The highest BCUT2D eigenvalue weighted by Gasteiger charge is 2.26. The van der Waals surface area contributed by atoms with Gasteiger partial charge in [0.05, 0.1) is 16.3 Å². The van der Waals surface area contributed by atoms with E-state index in [0.29, 0.717) is 18.4 Å². The van der Waals surface area contributed by atoms with E-state index in [1.54, 1.807) is 0 Å². The zero-order chi connectivity index (χ0) is 13.8. The molecule has 1 saturated heterocycles. The summed E-state index contributed by atoms with van der Waals surface area (Å²) >= 11 is 1.46. The first-order chi connectivity index (χ1) is 9.10. The van der Waals surface area contributed by atoms with Gasteiger partial charge in [-0.3, -0.25) is 4.79 Å². The van der Waals surface area contributed by atoms with E-state index in [1.165, 1.54) is 17.8 Å². The van der Waals surface area contributed by atoms with Gasteiger partial charge in [-0.05, 0) is 30.4 Å². The van der Waals surface area contributed by atoms with E-state index in [-0.39, 0.29) is 5.91 Å². The summed E-state index contributed by atoms with van der Waals surface area (Å²) in [5, 5.41) is 0. The van der Waals surface area contributed by atoms with Crippen LogP contribution >= 0.6 is 11.3 Å². The van der Waals surface area contributed by atoms with E-state index in [9.17, 15) is 4.79 Å². The lowest BCUT2D eigenvalue weighted by Gasteiger charge is -2.34. The summed E-state index contributed by atoms with van der Waals surface area (Å²) in [7, 11) is 0. The smallest absolute Gasteiger partial charge is 0.263 e. The molecule has 2 rings (SSSR count). The third kappa shape index (κ3) is 3.59. The quantitative estimate of drug-likeness (QED) is 0.799. The molecule has 1 aliphatic rings. The number of rotatable bonds is 1. The summed E-state index contributed by atoms with van der Waals surface area (Å²) in [6.07, 6.45) is 1.21. The number of nitrogens with two attached hydrogens (primary N) is 1. The van der Waals surface area contributed by atoms with E-state index in [4.69, 9.17) is 5.73 Å². The lowest BCUT2D eigenvalue weighted by Crippen LogP contribution is -2.42. The molecule has 0 radical (unpaired) electrons. The number of amides is 1. The molecule has 1 amide bonds. The van der Waals surface area contributed by atoms with E-state index in [2.05, 4.69) is 25.7 Å². The Morgan fingerprint density at radius 1 is 1.42 bits per heavy atom. The van der Waals surface area contributed by atoms with Crippen molar-refractivity contribution >= 4 is 17.2 Å². The summed E-state index contributed by atoms with van der Waals surface area (Å²) in [5.74, 6) is 7.10. The number of piperidine rings is 1. The highest BCUT2D eigenvalue weighted by molar-refractivity contribution is 7.14. The van der Waals surface area contributed by atoms with Gasteiger partial charge in [-0.25, -0.2) is 0 Å². The largest absolute Gasteiger partial charge is 0.337 e. The second-order valence-electron chi connectivity index (χ2n) is 5.33. The minimum atomic E-state index is 0.143. The van der Waals surface area contributed by atoms with Crippen molar-refractivity contribution in [2.75, 3.05) is 19.6 Å². The second-order valence-corrected chi connectivity index (χ2v) is 6.41. The average Bonchev–Trinajstić information content (AvgIpc) is 2.83. The molecule has 0 saturated carbocycles. The Balaban J connectivity index is 2.08. The Hall–Kier alpha value is -1.31. The fraction of sp³-hybridized carbons (Fsp3) is 0.533. The number of hydrogen-bond acceptors (Lipinski definition) is 3. The molecule has 1 fully saturated rings. The van der Waals surface area contributed by atoms with E-state index in [1.807, 2.05) is 17.0 Å². The molecule has 4 heteroatoms. The highest BCUT2D eigenvalue weighted by Crippen LogP contribution is 2.24. The second kappa shape index (κ2) is 6.23. The Kier molecular flexibility index (Phi) is 4.62. The monoisotopic (exact) mass is 276 g/mol. The summed E-state index contributed by atoms with van der Waals surface area (Å²) < 4.78 is 0. The van der Waals surface area contributed by atoms with Crippen LogP contribution in [0.3, 0.4) is 0 Å². The molecule has 2 atom stereocenters. The van der Waals surface area contributed by atoms with E-state index in [0.717, 1.165) is 22.8 Å². The van der Waals surface area contributed by atoms with Crippen molar-refractivity contribution < 1.29 is 4.79 Å². The third-order valence-corrected chi connectivity index (χ3v) is 4.28. The number of nitrogens with zero attached hydrogens (tertiary/aromatic N) is 1. The predicted molar refractivity (Wildman–Crippen MR) is 79.1 cm³/mol. The SMILES string of the molecule is CC1CC(C)CN(C(=O)c2ccc(C#CCN)s2)C1. The Morgan fingerprint density at radius 2 is 2.11 bits per heavy atom. The summed E-state index contributed by atoms with van der Waals surface area (Å²) in [5.41, 5.74) is 5.35. The molecular formula is C15H20N2OS. The first-order valence-electron chi connectivity index (χ1n) is 6.68. The minimum Gasteiger partial charge on any atom is -0.337 e. The Labute approximate surface area is 118 Å². The van der Waals surface area contributed by atoms with Crippen molar-refractivity contribution in [1.29, 1.82) is 0 Å². The lowest BCUT2D eigenvalue weighted by molar-refractivity contribution is 0.0628. The van der Waals surface area contributed by atoms with Crippen LogP contribution in [0.1, 0.15) is 34.8 Å². The van der Waals surface area contributed by atoms with Gasteiger partial charge in [-0.15, -0.1) is 11.3 Å². The lowest BCUT2D eigenvalue weighted by atomic mass is 9.92. The van der Waals surface area contributed by atoms with Crippen LogP contribution in [0, 0.1) is 23.7 Å². The van der Waals surface area contributed by atoms with E-state index >= 15 is 0 Å². The van der Waals surface area contributed by atoms with Crippen molar-refractivity contribution in [2.24, 2.45) is 17.6 Å². The van der Waals surface area contributed by atoms with Crippen LogP contribution in [0.4, 0.5) is 0 Å². The van der Waals surface area contributed by atoms with Gasteiger partial charge in [0.25, 0.3) is 5.91 Å². The third-order valence-electron chi connectivity index (χ3n) is 3.29. The Bertz CT molecular complexity index is 502. The number of thiophene rings is 1. The highest BCUT2D eigenvalue weighted by atomic mass is 32.1. The van der Waals surface area contributed by atoms with Gasteiger partial charge in [-0.2, -0.15) is 0 Å². The summed E-state index contributed by atoms with van der Waals surface area (Å²) in [4.78, 5) is 16.1. The number of carbonyl (C=O) groups excluding carboxylic acids is 1. The van der Waals surface area contributed by atoms with Crippen LogP contribution in [-0.4, -0.2) is 30.4 Å².